The fourth-order valence-electron chi connectivity index (χ4n) is 0.227. The lowest BCUT2D eigenvalue weighted by Gasteiger charge is -1.73. The number of hydrogen-bond acceptors (Lipinski definition) is 3. The van der Waals surface area contributed by atoms with Gasteiger partial charge >= 0.3 is 0 Å². The van der Waals surface area contributed by atoms with Crippen molar-refractivity contribution in [1.29, 1.82) is 0 Å². The molecule has 0 atom stereocenters. The maximum Gasteiger partial charge on any atom is 0.291 e. The van der Waals surface area contributed by atoms with Gasteiger partial charge in [-0.15, -0.1) is 0 Å². The van der Waals surface area contributed by atoms with Crippen LogP contribution in [0.2, 0.25) is 0 Å². The highest BCUT2D eigenvalue weighted by Crippen LogP contribution is 1.66. The molecule has 1 heterocycles. The molecule has 1 rings (SSSR count). The van der Waals surface area contributed by atoms with Crippen molar-refractivity contribution in [3.05, 3.63) is 21.1 Å². The maximum absolute atomic E-state index is 10.0. The van der Waals surface area contributed by atoms with Gasteiger partial charge in [-0.25, -0.2) is 9.19 Å². The van der Waals surface area contributed by atoms with Gasteiger partial charge in [-0.05, 0) is 0 Å². The molecule has 0 amide bonds. The highest BCUT2D eigenvalue weighted by atomic mass is 32.1. The largest absolute Gasteiger partial charge is 0.291 e. The molecule has 0 radical (unpaired) electrons. The number of nitrogens with zero attached hydrogens (tertiary/aromatic N) is 1. The second-order valence-electron chi connectivity index (χ2n) is 1.01. The van der Waals surface area contributed by atoms with Gasteiger partial charge in [0.25, 0.3) is 5.56 Å². The molecule has 0 spiro atoms. The Labute approximate surface area is 42.4 Å². The zero-order valence-electron chi connectivity index (χ0n) is 3.25. The van der Waals surface area contributed by atoms with Gasteiger partial charge in [-0.3, -0.25) is 4.79 Å². The van der Waals surface area contributed by atoms with Crippen LogP contribution in [0.25, 0.3) is 0 Å². The first-order valence-electron chi connectivity index (χ1n) is 1.60. The molecule has 0 N–H and O–H groups in total. The number of hydrogen-bond donors (Lipinski definition) is 0. The summed E-state index contributed by atoms with van der Waals surface area (Å²) in [6.45, 7) is 0. The van der Waals surface area contributed by atoms with Crippen LogP contribution in [0.1, 0.15) is 0 Å². The van der Waals surface area contributed by atoms with E-state index in [0.29, 0.717) is 0 Å². The second-order valence-corrected chi connectivity index (χ2v) is 1.62. The molecule has 0 bridgehead atoms. The van der Waals surface area contributed by atoms with Gasteiger partial charge in [-0.2, -0.15) is 0 Å². The fourth-order valence-corrected chi connectivity index (χ4v) is 0.447. The summed E-state index contributed by atoms with van der Waals surface area (Å²) in [5.41, 5.74) is -0.389. The van der Waals surface area contributed by atoms with Gasteiger partial charge in [0, 0.05) is 0 Å². The molecule has 3 nitrogen and oxygen atoms in total. The molecule has 7 heavy (non-hydrogen) atoms. The summed E-state index contributed by atoms with van der Waals surface area (Å²) >= 11 is 0.187. The topological polar surface area (TPSA) is 47.0 Å². The molecule has 4 heteroatoms. The van der Waals surface area contributed by atoms with Crippen molar-refractivity contribution in [2.24, 2.45) is 0 Å². The molecule has 0 saturated carbocycles. The van der Waals surface area contributed by atoms with Crippen LogP contribution < -0.4 is 5.56 Å². The Morgan fingerprint density at radius 1 is 1.71 bits per heavy atom. The Hall–Kier alpha value is -0.770. The van der Waals surface area contributed by atoms with E-state index in [1.165, 1.54) is 6.20 Å². The quantitative estimate of drug-likeness (QED) is 0.410. The average molecular weight is 115 g/mol. The van der Waals surface area contributed by atoms with Crippen molar-refractivity contribution in [2.45, 2.75) is 0 Å². The standard InChI is InChI=1S/C3HNO2S/c5-3-2(7-6)1-4-3/h1H. The van der Waals surface area contributed by atoms with Crippen molar-refractivity contribution in [3.8, 4) is 0 Å². The summed E-state index contributed by atoms with van der Waals surface area (Å²) in [6.07, 6.45) is 1.26. The van der Waals surface area contributed by atoms with Crippen LogP contribution in [0.4, 0.5) is 0 Å². The molecule has 0 aromatic carbocycles. The van der Waals surface area contributed by atoms with Gasteiger partial charge in [0.05, 0.1) is 6.20 Å². The van der Waals surface area contributed by atoms with Crippen molar-refractivity contribution in [1.82, 2.24) is 4.98 Å². The van der Waals surface area contributed by atoms with Crippen LogP contribution in [0.15, 0.2) is 11.0 Å². The van der Waals surface area contributed by atoms with Crippen LogP contribution in [0.3, 0.4) is 0 Å². The monoisotopic (exact) mass is 115 g/mol. The third-order valence-electron chi connectivity index (χ3n) is 0.600. The van der Waals surface area contributed by atoms with Crippen LogP contribution in [-0.4, -0.2) is 9.19 Å². The summed E-state index contributed by atoms with van der Waals surface area (Å²) < 4.78 is 9.90. The van der Waals surface area contributed by atoms with E-state index in [9.17, 15) is 9.00 Å². The summed E-state index contributed by atoms with van der Waals surface area (Å²) in [7, 11) is 0. The first kappa shape index (κ1) is 4.39. The molecular weight excluding hydrogens is 114 g/mol. The predicted molar refractivity (Wildman–Crippen MR) is 24.3 cm³/mol. The summed E-state index contributed by atoms with van der Waals surface area (Å²) in [5, 5.41) is 0. The molecule has 0 unspecified atom stereocenters. The van der Waals surface area contributed by atoms with Gasteiger partial charge < -0.3 is 0 Å². The SMILES string of the molecule is O=S=c1cnc1=O. The van der Waals surface area contributed by atoms with Crippen LogP contribution in [0, 0.1) is 4.51 Å². The van der Waals surface area contributed by atoms with Crippen LogP contribution in [-0.2, 0) is 11.3 Å². The molecule has 1 aromatic heterocycles. The lowest BCUT2D eigenvalue weighted by molar-refractivity contribution is 0.699. The van der Waals surface area contributed by atoms with Crippen molar-refractivity contribution in [2.75, 3.05) is 0 Å². The molecule has 36 valence electrons. The van der Waals surface area contributed by atoms with E-state index in [1.54, 1.807) is 0 Å². The summed E-state index contributed by atoms with van der Waals surface area (Å²) in [4.78, 5) is 13.2. The van der Waals surface area contributed by atoms with Crippen LogP contribution >= 0.6 is 0 Å². The van der Waals surface area contributed by atoms with Crippen molar-refractivity contribution >= 4 is 11.3 Å². The number of aromatic nitrogens is 1. The zero-order valence-corrected chi connectivity index (χ0v) is 4.07. The number of rotatable bonds is 0. The summed E-state index contributed by atoms with van der Waals surface area (Å²) in [6, 6.07) is 0. The van der Waals surface area contributed by atoms with E-state index < -0.39 is 0 Å². The maximum atomic E-state index is 10.0. The first-order valence-corrected chi connectivity index (χ1v) is 2.34. The Morgan fingerprint density at radius 3 is 2.43 bits per heavy atom. The van der Waals surface area contributed by atoms with E-state index in [1.807, 2.05) is 0 Å². The lowest BCUT2D eigenvalue weighted by atomic mass is 10.6. The van der Waals surface area contributed by atoms with E-state index in [2.05, 4.69) is 4.98 Å². The second kappa shape index (κ2) is 1.38. The Balaban J connectivity index is 3.65. The third-order valence-corrected chi connectivity index (χ3v) is 1.06. The predicted octanol–water partition coefficient (Wildman–Crippen LogP) is -0.938. The Bertz CT molecular complexity index is 266. The minimum Gasteiger partial charge on any atom is -0.266 e. The highest BCUT2D eigenvalue weighted by molar-refractivity contribution is 7.56. The van der Waals surface area contributed by atoms with Gasteiger partial charge in [0.15, 0.2) is 4.51 Å². The Kier molecular flexibility index (Phi) is 0.867. The lowest BCUT2D eigenvalue weighted by Crippen LogP contribution is -2.10. The fraction of sp³-hybridized carbons (Fsp3) is 0. The average Bonchev–Trinajstić information content (AvgIpc) is 1.65. The van der Waals surface area contributed by atoms with E-state index >= 15 is 0 Å². The zero-order chi connectivity index (χ0) is 5.28. The minimum absolute atomic E-state index is 0.187. The molecule has 0 saturated heterocycles. The molecule has 1 aromatic rings. The smallest absolute Gasteiger partial charge is 0.266 e. The van der Waals surface area contributed by atoms with Gasteiger partial charge in [-0.1, -0.05) is 0 Å². The molecule has 0 aliphatic heterocycles. The molecular formula is C3HNO2S. The molecule has 0 aliphatic carbocycles. The molecule has 0 fully saturated rings. The van der Waals surface area contributed by atoms with Gasteiger partial charge in [0.2, 0.25) is 0 Å². The third kappa shape index (κ3) is 0.521. The van der Waals surface area contributed by atoms with E-state index in [-0.39, 0.29) is 21.3 Å². The minimum atomic E-state index is -0.389. The van der Waals surface area contributed by atoms with E-state index in [4.69, 9.17) is 0 Å². The normalized spacial score (nSPS) is 9.14. The first-order chi connectivity index (χ1) is 3.34. The van der Waals surface area contributed by atoms with E-state index in [0.717, 1.165) is 0 Å². The highest BCUT2D eigenvalue weighted by Gasteiger charge is 1.90. The van der Waals surface area contributed by atoms with Crippen LogP contribution in [0.5, 0.6) is 0 Å². The van der Waals surface area contributed by atoms with Crippen molar-refractivity contribution < 1.29 is 4.21 Å². The Morgan fingerprint density at radius 2 is 2.43 bits per heavy atom. The summed E-state index contributed by atoms with van der Waals surface area (Å²) in [5.74, 6) is 0. The van der Waals surface area contributed by atoms with Crippen molar-refractivity contribution in [3.63, 3.8) is 0 Å². The molecule has 0 aliphatic rings. The van der Waals surface area contributed by atoms with Gasteiger partial charge in [0.1, 0.15) is 11.3 Å².